The molecule has 1 unspecified atom stereocenters. The summed E-state index contributed by atoms with van der Waals surface area (Å²) in [6.45, 7) is 3.49. The second kappa shape index (κ2) is 5.74. The number of rotatable bonds is 2. The maximum Gasteiger partial charge on any atom is 0.187 e. The van der Waals surface area contributed by atoms with Crippen molar-refractivity contribution in [2.24, 2.45) is 0 Å². The van der Waals surface area contributed by atoms with Crippen molar-refractivity contribution >= 4 is 44.6 Å². The molecule has 9 heteroatoms. The Bertz CT molecular complexity index is 1180. The van der Waals surface area contributed by atoms with E-state index in [1.807, 2.05) is 40.0 Å². The summed E-state index contributed by atoms with van der Waals surface area (Å²) in [5.74, 6) is 0. The van der Waals surface area contributed by atoms with Crippen LogP contribution in [0.4, 0.5) is 5.13 Å². The number of hydrogen-bond acceptors (Lipinski definition) is 6. The fourth-order valence-electron chi connectivity index (χ4n) is 3.53. The number of thiazole rings is 1. The Balaban J connectivity index is 1.69. The van der Waals surface area contributed by atoms with Gasteiger partial charge in [0.15, 0.2) is 10.1 Å². The van der Waals surface area contributed by atoms with Gasteiger partial charge in [0.05, 0.1) is 28.9 Å². The summed E-state index contributed by atoms with van der Waals surface area (Å²) >= 11 is 3.04. The monoisotopic (exact) mass is 384 g/mol. The number of anilines is 1. The Kier molecular flexibility index (Phi) is 3.46. The lowest BCUT2D eigenvalue weighted by molar-refractivity contribution is 0.198. The summed E-state index contributed by atoms with van der Waals surface area (Å²) in [6, 6.07) is 6.40. The first kappa shape index (κ1) is 15.7. The number of benzene rings is 1. The minimum absolute atomic E-state index is 0.273. The van der Waals surface area contributed by atoms with Crippen molar-refractivity contribution in [3.63, 3.8) is 0 Å². The van der Waals surface area contributed by atoms with Gasteiger partial charge in [-0.25, -0.2) is 9.50 Å². The second-order valence-electron chi connectivity index (χ2n) is 6.49. The molecule has 132 valence electrons. The molecule has 1 aliphatic rings. The minimum atomic E-state index is -0.273. The summed E-state index contributed by atoms with van der Waals surface area (Å²) < 4.78 is 7.40. The first-order valence-electron chi connectivity index (χ1n) is 8.32. The Morgan fingerprint density at radius 1 is 1.42 bits per heavy atom. The molecular weight excluding hydrogens is 368 g/mol. The van der Waals surface area contributed by atoms with Gasteiger partial charge in [0, 0.05) is 36.4 Å². The van der Waals surface area contributed by atoms with Crippen molar-refractivity contribution in [3.8, 4) is 11.1 Å². The van der Waals surface area contributed by atoms with E-state index in [4.69, 9.17) is 0 Å². The Morgan fingerprint density at radius 2 is 2.31 bits per heavy atom. The SMILES string of the molecule is Cc1ccc2[nH]sn(-c3cnc(N4CCC(O)C4)s3)n3cc(C#N)c1c23. The number of aromatic nitrogens is 4. The topological polar surface area (TPSA) is 85.3 Å². The first-order valence-corrected chi connectivity index (χ1v) is 9.91. The number of β-amino-alcohol motifs (C(OH)–C–C–N with tert-alkyl or cyclic N) is 1. The van der Waals surface area contributed by atoms with E-state index in [0.29, 0.717) is 12.1 Å². The molecule has 7 nitrogen and oxygen atoms in total. The van der Waals surface area contributed by atoms with Gasteiger partial charge in [-0.1, -0.05) is 17.4 Å². The molecule has 1 saturated heterocycles. The Labute approximate surface area is 157 Å². The van der Waals surface area contributed by atoms with Crippen molar-refractivity contribution < 1.29 is 5.11 Å². The van der Waals surface area contributed by atoms with Crippen LogP contribution in [-0.4, -0.2) is 42.2 Å². The lowest BCUT2D eigenvalue weighted by Gasteiger charge is -2.13. The fraction of sp³-hybridized carbons (Fsp3) is 0.294. The number of nitriles is 1. The molecule has 4 aromatic rings. The zero-order valence-corrected chi connectivity index (χ0v) is 15.6. The number of aliphatic hydroxyl groups excluding tert-OH is 1. The Hall–Kier alpha value is -2.54. The van der Waals surface area contributed by atoms with E-state index in [2.05, 4.69) is 20.3 Å². The number of H-pyrrole nitrogens is 1. The van der Waals surface area contributed by atoms with E-state index in [9.17, 15) is 10.4 Å². The van der Waals surface area contributed by atoms with Crippen LogP contribution in [0.2, 0.25) is 0 Å². The molecule has 0 radical (unpaired) electrons. The number of aliphatic hydroxyl groups is 1. The molecule has 1 atom stereocenters. The summed E-state index contributed by atoms with van der Waals surface area (Å²) in [5.41, 5.74) is 3.76. The predicted molar refractivity (Wildman–Crippen MR) is 103 cm³/mol. The van der Waals surface area contributed by atoms with Gasteiger partial charge < -0.3 is 10.0 Å². The predicted octanol–water partition coefficient (Wildman–Crippen LogP) is 3.04. The average molecular weight is 384 g/mol. The van der Waals surface area contributed by atoms with Crippen molar-refractivity contribution in [2.75, 3.05) is 18.0 Å². The van der Waals surface area contributed by atoms with E-state index in [1.54, 1.807) is 11.3 Å². The van der Waals surface area contributed by atoms with E-state index in [0.717, 1.165) is 45.1 Å². The molecule has 1 fully saturated rings. The minimum Gasteiger partial charge on any atom is -0.391 e. The third kappa shape index (κ3) is 2.23. The lowest BCUT2D eigenvalue weighted by atomic mass is 10.1. The highest BCUT2D eigenvalue weighted by Gasteiger charge is 2.23. The number of nitrogens with one attached hydrogen (secondary N) is 1. The standard InChI is InChI=1S/C17H16N6OS2/c1-10-2-3-13-16-15(10)11(6-18)8-22(16)23(26-20-13)14-7-19-17(25-14)21-5-4-12(24)9-21/h2-3,7-8,12,20,24H,4-5,9H2,1H3. The van der Waals surface area contributed by atoms with Crippen LogP contribution < -0.4 is 4.90 Å². The zero-order chi connectivity index (χ0) is 17.8. The smallest absolute Gasteiger partial charge is 0.187 e. The third-order valence-electron chi connectivity index (χ3n) is 4.80. The maximum absolute atomic E-state index is 9.76. The third-order valence-corrected chi connectivity index (χ3v) is 6.80. The lowest BCUT2D eigenvalue weighted by Crippen LogP contribution is -2.20. The van der Waals surface area contributed by atoms with E-state index in [-0.39, 0.29) is 6.10 Å². The first-order chi connectivity index (χ1) is 12.7. The van der Waals surface area contributed by atoms with Gasteiger partial charge >= 0.3 is 0 Å². The molecule has 1 aromatic carbocycles. The highest BCUT2D eigenvalue weighted by molar-refractivity contribution is 7.19. The van der Waals surface area contributed by atoms with Gasteiger partial charge in [0.25, 0.3) is 0 Å². The zero-order valence-electron chi connectivity index (χ0n) is 14.0. The molecule has 0 bridgehead atoms. The fourth-order valence-corrected chi connectivity index (χ4v) is 5.31. The normalized spacial score (nSPS) is 17.4. The van der Waals surface area contributed by atoms with Crippen molar-refractivity contribution in [2.45, 2.75) is 19.4 Å². The van der Waals surface area contributed by atoms with Gasteiger partial charge in [-0.2, -0.15) is 9.33 Å². The van der Waals surface area contributed by atoms with Crippen LogP contribution in [0, 0.1) is 18.3 Å². The van der Waals surface area contributed by atoms with Crippen LogP contribution in [0.5, 0.6) is 0 Å². The molecule has 2 N–H and O–H groups in total. The number of aryl methyl sites for hydroxylation is 1. The molecule has 3 aromatic heterocycles. The highest BCUT2D eigenvalue weighted by Crippen LogP contribution is 2.32. The van der Waals surface area contributed by atoms with E-state index >= 15 is 0 Å². The van der Waals surface area contributed by atoms with Gasteiger partial charge in [0.2, 0.25) is 0 Å². The van der Waals surface area contributed by atoms with E-state index in [1.165, 1.54) is 11.7 Å². The van der Waals surface area contributed by atoms with Crippen molar-refractivity contribution in [1.29, 1.82) is 5.26 Å². The molecule has 1 aliphatic heterocycles. The molecule has 0 aliphatic carbocycles. The summed E-state index contributed by atoms with van der Waals surface area (Å²) in [5, 5.41) is 22.2. The Morgan fingerprint density at radius 3 is 3.08 bits per heavy atom. The molecular formula is C17H16N6OS2. The van der Waals surface area contributed by atoms with Gasteiger partial charge in [-0.05, 0) is 25.0 Å². The quantitative estimate of drug-likeness (QED) is 0.556. The number of hydrogen-bond donors (Lipinski definition) is 2. The van der Waals surface area contributed by atoms with Crippen molar-refractivity contribution in [3.05, 3.63) is 35.7 Å². The van der Waals surface area contributed by atoms with Crippen LogP contribution >= 0.6 is 23.1 Å². The molecule has 0 amide bonds. The van der Waals surface area contributed by atoms with Crippen LogP contribution in [0.15, 0.2) is 24.5 Å². The number of nitrogens with zero attached hydrogens (tertiary/aromatic N) is 5. The van der Waals surface area contributed by atoms with Gasteiger partial charge in [0.1, 0.15) is 6.07 Å². The van der Waals surface area contributed by atoms with Crippen LogP contribution in [0.3, 0.4) is 0 Å². The van der Waals surface area contributed by atoms with Crippen LogP contribution in [0.1, 0.15) is 17.5 Å². The van der Waals surface area contributed by atoms with Crippen LogP contribution in [-0.2, 0) is 0 Å². The molecule has 5 rings (SSSR count). The van der Waals surface area contributed by atoms with E-state index < -0.39 is 0 Å². The highest BCUT2D eigenvalue weighted by atomic mass is 32.1. The largest absolute Gasteiger partial charge is 0.391 e. The molecule has 4 heterocycles. The summed E-state index contributed by atoms with van der Waals surface area (Å²) in [4.78, 5) is 6.66. The average Bonchev–Trinajstić information content (AvgIpc) is 3.36. The van der Waals surface area contributed by atoms with Crippen molar-refractivity contribution in [1.82, 2.24) is 17.9 Å². The summed E-state index contributed by atoms with van der Waals surface area (Å²) in [7, 11) is 0. The van der Waals surface area contributed by atoms with Gasteiger partial charge in [-0.15, -0.1) is 0 Å². The summed E-state index contributed by atoms with van der Waals surface area (Å²) in [6.07, 6.45) is 4.24. The molecule has 0 saturated carbocycles. The van der Waals surface area contributed by atoms with Gasteiger partial charge in [-0.3, -0.25) is 4.37 Å². The molecule has 0 spiro atoms. The second-order valence-corrected chi connectivity index (χ2v) is 8.21. The van der Waals surface area contributed by atoms with Crippen LogP contribution in [0.25, 0.3) is 21.4 Å². The molecule has 26 heavy (non-hydrogen) atoms. The maximum atomic E-state index is 9.76. The number of aromatic amines is 1.